The minimum atomic E-state index is -0.188. The van der Waals surface area contributed by atoms with Gasteiger partial charge in [0.1, 0.15) is 0 Å². The number of aryl methyl sites for hydroxylation is 1. The molecule has 0 radical (unpaired) electrons. The van der Waals surface area contributed by atoms with Gasteiger partial charge in [-0.05, 0) is 61.7 Å². The number of amides is 1. The average Bonchev–Trinajstić information content (AvgIpc) is 3.36. The van der Waals surface area contributed by atoms with Gasteiger partial charge in [0.05, 0.1) is 18.5 Å². The van der Waals surface area contributed by atoms with Crippen LogP contribution in [0.15, 0.2) is 83.4 Å². The van der Waals surface area contributed by atoms with Gasteiger partial charge in [0.15, 0.2) is 0 Å². The Balaban J connectivity index is 1.26. The van der Waals surface area contributed by atoms with E-state index >= 15 is 0 Å². The van der Waals surface area contributed by atoms with Crippen molar-refractivity contribution >= 4 is 17.5 Å². The molecule has 1 aliphatic heterocycles. The zero-order valence-corrected chi connectivity index (χ0v) is 21.0. The number of halogens is 1. The maximum absolute atomic E-state index is 13.5. The van der Waals surface area contributed by atoms with Gasteiger partial charge in [0.25, 0.3) is 0 Å². The predicted molar refractivity (Wildman–Crippen MR) is 140 cm³/mol. The van der Waals surface area contributed by atoms with Crippen LogP contribution in [0.2, 0.25) is 5.02 Å². The van der Waals surface area contributed by atoms with Crippen molar-refractivity contribution in [1.29, 1.82) is 0 Å². The standard InChI is InChI=1S/C29H29ClN4O2/c1-20-7-5-10-23(17-20)27(21-8-3-2-4-9-21)32-29(35)24-11-6-16-34(18-24)19-26-31-28(33-36-26)22-12-14-25(30)15-13-22/h2-5,7-10,12-15,17,24,27H,6,11,16,18-19H2,1H3,(H,32,35). The zero-order valence-electron chi connectivity index (χ0n) is 20.2. The van der Waals surface area contributed by atoms with Crippen molar-refractivity contribution in [2.45, 2.75) is 32.4 Å². The predicted octanol–water partition coefficient (Wildman–Crippen LogP) is 5.82. The van der Waals surface area contributed by atoms with Crippen molar-refractivity contribution in [2.24, 2.45) is 5.92 Å². The molecule has 1 N–H and O–H groups in total. The molecule has 0 saturated carbocycles. The van der Waals surface area contributed by atoms with E-state index in [1.807, 2.05) is 36.4 Å². The number of piperidine rings is 1. The summed E-state index contributed by atoms with van der Waals surface area (Å²) in [5, 5.41) is 8.11. The van der Waals surface area contributed by atoms with E-state index in [2.05, 4.69) is 57.6 Å². The molecule has 0 spiro atoms. The van der Waals surface area contributed by atoms with Crippen LogP contribution in [0.25, 0.3) is 11.4 Å². The third kappa shape index (κ3) is 5.83. The molecule has 7 heteroatoms. The molecule has 3 aromatic carbocycles. The maximum Gasteiger partial charge on any atom is 0.241 e. The molecule has 184 valence electrons. The van der Waals surface area contributed by atoms with Gasteiger partial charge in [-0.15, -0.1) is 0 Å². The first-order valence-corrected chi connectivity index (χ1v) is 12.7. The summed E-state index contributed by atoms with van der Waals surface area (Å²) >= 11 is 5.98. The van der Waals surface area contributed by atoms with Gasteiger partial charge < -0.3 is 9.84 Å². The topological polar surface area (TPSA) is 71.3 Å². The molecule has 2 unspecified atom stereocenters. The quantitative estimate of drug-likeness (QED) is 0.346. The average molecular weight is 501 g/mol. The normalized spacial score (nSPS) is 17.0. The summed E-state index contributed by atoms with van der Waals surface area (Å²) in [6.07, 6.45) is 1.80. The van der Waals surface area contributed by atoms with Gasteiger partial charge in [-0.2, -0.15) is 4.98 Å². The number of rotatable bonds is 7. The number of nitrogens with one attached hydrogen (secondary N) is 1. The van der Waals surface area contributed by atoms with Crippen molar-refractivity contribution in [3.8, 4) is 11.4 Å². The summed E-state index contributed by atoms with van der Waals surface area (Å²) in [4.78, 5) is 20.2. The maximum atomic E-state index is 13.5. The lowest BCUT2D eigenvalue weighted by Crippen LogP contribution is -2.43. The highest BCUT2D eigenvalue weighted by atomic mass is 35.5. The second kappa shape index (κ2) is 11.1. The molecular weight excluding hydrogens is 472 g/mol. The number of benzene rings is 3. The number of nitrogens with zero attached hydrogens (tertiary/aromatic N) is 3. The number of carbonyl (C=O) groups is 1. The van der Waals surface area contributed by atoms with Crippen molar-refractivity contribution in [1.82, 2.24) is 20.4 Å². The van der Waals surface area contributed by atoms with E-state index in [1.165, 1.54) is 5.56 Å². The van der Waals surface area contributed by atoms with Crippen molar-refractivity contribution in [3.05, 3.63) is 106 Å². The second-order valence-electron chi connectivity index (χ2n) is 9.36. The van der Waals surface area contributed by atoms with E-state index < -0.39 is 0 Å². The van der Waals surface area contributed by atoms with Crippen LogP contribution >= 0.6 is 11.6 Å². The molecular formula is C29H29ClN4O2. The Bertz CT molecular complexity index is 1310. The summed E-state index contributed by atoms with van der Waals surface area (Å²) in [6, 6.07) is 25.6. The molecule has 4 aromatic rings. The number of likely N-dealkylation sites (tertiary alicyclic amines) is 1. The van der Waals surface area contributed by atoms with Crippen LogP contribution in [-0.2, 0) is 11.3 Å². The minimum absolute atomic E-state index is 0.0717. The van der Waals surface area contributed by atoms with Crippen molar-refractivity contribution in [2.75, 3.05) is 13.1 Å². The Morgan fingerprint density at radius 2 is 1.86 bits per heavy atom. The van der Waals surface area contributed by atoms with Crippen LogP contribution in [0.3, 0.4) is 0 Å². The molecule has 1 saturated heterocycles. The highest BCUT2D eigenvalue weighted by Crippen LogP contribution is 2.26. The van der Waals surface area contributed by atoms with Crippen LogP contribution in [0, 0.1) is 12.8 Å². The zero-order chi connectivity index (χ0) is 24.9. The first-order valence-electron chi connectivity index (χ1n) is 12.3. The van der Waals surface area contributed by atoms with Crippen molar-refractivity contribution in [3.63, 3.8) is 0 Å². The molecule has 2 heterocycles. The molecule has 6 nitrogen and oxygen atoms in total. The summed E-state index contributed by atoms with van der Waals surface area (Å²) in [5.41, 5.74) is 4.19. The van der Waals surface area contributed by atoms with Crippen LogP contribution in [0.1, 0.15) is 41.5 Å². The summed E-state index contributed by atoms with van der Waals surface area (Å²) in [7, 11) is 0. The molecule has 2 atom stereocenters. The van der Waals surface area contributed by atoms with E-state index in [9.17, 15) is 4.79 Å². The van der Waals surface area contributed by atoms with E-state index in [-0.39, 0.29) is 17.9 Å². The van der Waals surface area contributed by atoms with Crippen molar-refractivity contribution < 1.29 is 9.32 Å². The van der Waals surface area contributed by atoms with E-state index in [0.717, 1.165) is 36.1 Å². The molecule has 1 aliphatic rings. The third-order valence-electron chi connectivity index (χ3n) is 6.60. The van der Waals surface area contributed by atoms with Crippen LogP contribution < -0.4 is 5.32 Å². The second-order valence-corrected chi connectivity index (χ2v) is 9.80. The lowest BCUT2D eigenvalue weighted by atomic mass is 9.93. The number of carbonyl (C=O) groups excluding carboxylic acids is 1. The minimum Gasteiger partial charge on any atom is -0.345 e. The molecule has 0 aliphatic carbocycles. The molecule has 1 fully saturated rings. The molecule has 5 rings (SSSR count). The Labute approximate surface area is 216 Å². The SMILES string of the molecule is Cc1cccc(C(NC(=O)C2CCCN(Cc3nc(-c4ccc(Cl)cc4)no3)C2)c2ccccc2)c1. The van der Waals surface area contributed by atoms with Gasteiger partial charge in [0, 0.05) is 17.1 Å². The highest BCUT2D eigenvalue weighted by Gasteiger charge is 2.29. The molecule has 36 heavy (non-hydrogen) atoms. The molecule has 1 amide bonds. The lowest BCUT2D eigenvalue weighted by Gasteiger charge is -2.32. The Morgan fingerprint density at radius 1 is 1.08 bits per heavy atom. The lowest BCUT2D eigenvalue weighted by molar-refractivity contribution is -0.127. The fourth-order valence-corrected chi connectivity index (χ4v) is 4.88. The Morgan fingerprint density at radius 3 is 2.64 bits per heavy atom. The van der Waals surface area contributed by atoms with E-state index in [4.69, 9.17) is 16.1 Å². The monoisotopic (exact) mass is 500 g/mol. The largest absolute Gasteiger partial charge is 0.345 e. The first-order chi connectivity index (χ1) is 17.5. The number of hydrogen-bond acceptors (Lipinski definition) is 5. The highest BCUT2D eigenvalue weighted by molar-refractivity contribution is 6.30. The number of hydrogen-bond donors (Lipinski definition) is 1. The number of aromatic nitrogens is 2. The summed E-state index contributed by atoms with van der Waals surface area (Å²) in [6.45, 7) is 4.13. The molecule has 0 bridgehead atoms. The van der Waals surface area contributed by atoms with E-state index in [1.54, 1.807) is 12.1 Å². The van der Waals surface area contributed by atoms with E-state index in [0.29, 0.717) is 29.8 Å². The summed E-state index contributed by atoms with van der Waals surface area (Å²) < 4.78 is 5.50. The fraction of sp³-hybridized carbons (Fsp3) is 0.276. The van der Waals surface area contributed by atoms with Gasteiger partial charge in [-0.3, -0.25) is 9.69 Å². The van der Waals surface area contributed by atoms with Crippen LogP contribution in [0.5, 0.6) is 0 Å². The van der Waals surface area contributed by atoms with Gasteiger partial charge >= 0.3 is 0 Å². The molecule has 1 aromatic heterocycles. The Hall–Kier alpha value is -3.48. The fourth-order valence-electron chi connectivity index (χ4n) is 4.75. The van der Waals surface area contributed by atoms with Crippen LogP contribution in [0.4, 0.5) is 0 Å². The first kappa shape index (κ1) is 24.2. The van der Waals surface area contributed by atoms with Crippen LogP contribution in [-0.4, -0.2) is 34.0 Å². The Kier molecular flexibility index (Phi) is 7.44. The van der Waals surface area contributed by atoms with Gasteiger partial charge in [-0.1, -0.05) is 76.9 Å². The summed E-state index contributed by atoms with van der Waals surface area (Å²) in [5.74, 6) is 1.05. The van der Waals surface area contributed by atoms with Gasteiger partial charge in [-0.25, -0.2) is 0 Å². The third-order valence-corrected chi connectivity index (χ3v) is 6.85. The smallest absolute Gasteiger partial charge is 0.241 e. The van der Waals surface area contributed by atoms with Gasteiger partial charge in [0.2, 0.25) is 17.6 Å².